The minimum absolute atomic E-state index is 0.190. The van der Waals surface area contributed by atoms with Crippen molar-refractivity contribution in [3.8, 4) is 33.4 Å². The normalized spacial score (nSPS) is 14.2. The van der Waals surface area contributed by atoms with Gasteiger partial charge in [0.05, 0.1) is 6.85 Å². The Hall–Kier alpha value is -4.72. The van der Waals surface area contributed by atoms with Gasteiger partial charge in [0.15, 0.2) is 0 Å². The summed E-state index contributed by atoms with van der Waals surface area (Å²) in [4.78, 5) is 0. The topological polar surface area (TPSA) is 0 Å². The zero-order chi connectivity index (χ0) is 30.6. The van der Waals surface area contributed by atoms with Gasteiger partial charge in [0.1, 0.15) is 0 Å². The quantitative estimate of drug-likeness (QED) is 0.209. The molecule has 8 aromatic rings. The van der Waals surface area contributed by atoms with Gasteiger partial charge < -0.3 is 0 Å². The van der Waals surface area contributed by atoms with Gasteiger partial charge in [-0.2, -0.15) is 0 Å². The average Bonchev–Trinajstić information content (AvgIpc) is 3.66. The molecule has 0 saturated carbocycles. The van der Waals surface area contributed by atoms with Crippen LogP contribution in [0.25, 0.3) is 75.1 Å². The highest BCUT2D eigenvalue weighted by Crippen LogP contribution is 2.52. The fraction of sp³-hybridized carbons (Fsp3) is 0.0256. The van der Waals surface area contributed by atoms with Gasteiger partial charge in [0.2, 0.25) is 0 Å². The Labute approximate surface area is 243 Å². The summed E-state index contributed by atoms with van der Waals surface area (Å²) in [6.07, 6.45) is 0.946. The molecule has 0 fully saturated rings. The number of hydrogen-bond donors (Lipinski definition) is 0. The van der Waals surface area contributed by atoms with Gasteiger partial charge >= 0.3 is 0 Å². The first-order chi connectivity index (χ1) is 21.9. The molecule has 0 nitrogen and oxygen atoms in total. The molecule has 1 aliphatic carbocycles. The Morgan fingerprint density at radius 1 is 0.550 bits per heavy atom. The SMILES string of the molecule is [2H]c1c([2H])c([2H])c(-c2cccc(-c3ccc4ccc5c(sc6c7ccccc7c7c(c56)-c5ccccc5C7)c4c3)c2)c([2H])c1[2H]. The van der Waals surface area contributed by atoms with Gasteiger partial charge in [0.25, 0.3) is 0 Å². The fourth-order valence-electron chi connectivity index (χ4n) is 6.56. The second-order valence-corrected chi connectivity index (χ2v) is 11.5. The second kappa shape index (κ2) is 8.39. The van der Waals surface area contributed by atoms with Crippen molar-refractivity contribution < 1.29 is 6.85 Å². The van der Waals surface area contributed by atoms with Crippen LogP contribution in [0.3, 0.4) is 0 Å². The van der Waals surface area contributed by atoms with Gasteiger partial charge in [-0.1, -0.05) is 121 Å². The van der Waals surface area contributed by atoms with Crippen LogP contribution in [-0.2, 0) is 6.42 Å². The molecule has 0 amide bonds. The highest BCUT2D eigenvalue weighted by atomic mass is 32.1. The molecule has 0 unspecified atom stereocenters. The lowest BCUT2D eigenvalue weighted by molar-refractivity contribution is 1.29. The summed E-state index contributed by atoms with van der Waals surface area (Å²) in [7, 11) is 0. The second-order valence-electron chi connectivity index (χ2n) is 10.5. The van der Waals surface area contributed by atoms with Gasteiger partial charge in [0, 0.05) is 25.6 Å². The molecule has 0 saturated heterocycles. The van der Waals surface area contributed by atoms with Crippen LogP contribution in [0.2, 0.25) is 0 Å². The zero-order valence-electron chi connectivity index (χ0n) is 26.4. The third kappa shape index (κ3) is 3.13. The minimum Gasteiger partial charge on any atom is -0.134 e. The van der Waals surface area contributed by atoms with Gasteiger partial charge in [-0.15, -0.1) is 11.3 Å². The number of hydrogen-bond acceptors (Lipinski definition) is 1. The van der Waals surface area contributed by atoms with E-state index in [0.29, 0.717) is 5.56 Å². The Morgan fingerprint density at radius 2 is 1.30 bits per heavy atom. The summed E-state index contributed by atoms with van der Waals surface area (Å²) in [6, 6.07) is 34.8. The number of thiophene rings is 1. The molecule has 0 aliphatic heterocycles. The van der Waals surface area contributed by atoms with Crippen LogP contribution in [0.5, 0.6) is 0 Å². The molecule has 1 aliphatic rings. The molecular formula is C39H24S. The average molecular weight is 530 g/mol. The Kier molecular flexibility index (Phi) is 3.73. The molecule has 0 radical (unpaired) electrons. The molecule has 0 spiro atoms. The molecule has 0 atom stereocenters. The molecule has 1 heteroatoms. The van der Waals surface area contributed by atoms with E-state index in [1.54, 1.807) is 0 Å². The smallest absolute Gasteiger partial charge is 0.0629 e. The van der Waals surface area contributed by atoms with Crippen LogP contribution in [0, 0.1) is 0 Å². The molecule has 0 bridgehead atoms. The number of benzene rings is 7. The van der Waals surface area contributed by atoms with E-state index in [2.05, 4.69) is 78.9 Å². The first-order valence-electron chi connectivity index (χ1n) is 16.0. The van der Waals surface area contributed by atoms with E-state index in [1.807, 2.05) is 35.6 Å². The van der Waals surface area contributed by atoms with Crippen LogP contribution < -0.4 is 0 Å². The molecular weight excluding hydrogens is 500 g/mol. The summed E-state index contributed by atoms with van der Waals surface area (Å²) < 4.78 is 43.8. The standard InChI is InChI=1S/C39H24S/c1-2-9-24(10-3-1)26-12-8-13-27(21-26)28-18-17-25-19-20-33-37-36-30-14-5-4-11-29(30)23-35(36)31-15-6-7-16-32(31)39(37)40-38(33)34(25)22-28/h1-22H,23H2/i1D,2D,3D,9D,10D. The van der Waals surface area contributed by atoms with Crippen molar-refractivity contribution in [3.05, 3.63) is 144 Å². The first-order valence-corrected chi connectivity index (χ1v) is 14.3. The van der Waals surface area contributed by atoms with Crippen molar-refractivity contribution in [1.29, 1.82) is 0 Å². The van der Waals surface area contributed by atoms with E-state index in [9.17, 15) is 0 Å². The fourth-order valence-corrected chi connectivity index (χ4v) is 7.93. The van der Waals surface area contributed by atoms with Crippen molar-refractivity contribution in [2.24, 2.45) is 0 Å². The number of fused-ring (bicyclic) bond motifs is 12. The molecule has 186 valence electrons. The lowest BCUT2D eigenvalue weighted by atomic mass is 9.93. The van der Waals surface area contributed by atoms with Crippen molar-refractivity contribution in [2.45, 2.75) is 6.42 Å². The van der Waals surface area contributed by atoms with Crippen LogP contribution in [-0.4, -0.2) is 0 Å². The van der Waals surface area contributed by atoms with Crippen molar-refractivity contribution in [3.63, 3.8) is 0 Å². The van der Waals surface area contributed by atoms with E-state index < -0.39 is 0 Å². The highest BCUT2D eigenvalue weighted by Gasteiger charge is 2.26. The summed E-state index contributed by atoms with van der Waals surface area (Å²) in [6.45, 7) is 0. The van der Waals surface area contributed by atoms with Gasteiger partial charge in [-0.3, -0.25) is 0 Å². The van der Waals surface area contributed by atoms with E-state index in [-0.39, 0.29) is 35.8 Å². The molecule has 40 heavy (non-hydrogen) atoms. The van der Waals surface area contributed by atoms with Gasteiger partial charge in [-0.25, -0.2) is 0 Å². The van der Waals surface area contributed by atoms with Gasteiger partial charge in [-0.05, 0) is 79.2 Å². The van der Waals surface area contributed by atoms with Crippen LogP contribution >= 0.6 is 11.3 Å². The molecule has 9 rings (SSSR count). The van der Waals surface area contributed by atoms with Crippen molar-refractivity contribution >= 4 is 53.1 Å². The lowest BCUT2D eigenvalue weighted by Crippen LogP contribution is -1.86. The zero-order valence-corrected chi connectivity index (χ0v) is 22.2. The Balaban J connectivity index is 1.29. The maximum atomic E-state index is 8.48. The predicted molar refractivity (Wildman–Crippen MR) is 173 cm³/mol. The lowest BCUT2D eigenvalue weighted by Gasteiger charge is -2.10. The van der Waals surface area contributed by atoms with Crippen LogP contribution in [0.15, 0.2) is 133 Å². The maximum Gasteiger partial charge on any atom is 0.0629 e. The maximum absolute atomic E-state index is 8.48. The molecule has 0 N–H and O–H groups in total. The molecule has 7 aromatic carbocycles. The first kappa shape index (κ1) is 17.8. The molecule has 1 aromatic heterocycles. The summed E-state index contributed by atoms with van der Waals surface area (Å²) in [5, 5.41) is 7.59. The third-order valence-corrected chi connectivity index (χ3v) is 9.63. The van der Waals surface area contributed by atoms with Crippen molar-refractivity contribution in [2.75, 3.05) is 0 Å². The van der Waals surface area contributed by atoms with E-state index >= 15 is 0 Å². The predicted octanol–water partition coefficient (Wildman–Crippen LogP) is 11.3. The van der Waals surface area contributed by atoms with Crippen LogP contribution in [0.1, 0.15) is 18.0 Å². The minimum atomic E-state index is -0.381. The number of rotatable bonds is 2. The van der Waals surface area contributed by atoms with Crippen molar-refractivity contribution in [1.82, 2.24) is 0 Å². The third-order valence-electron chi connectivity index (χ3n) is 8.36. The largest absolute Gasteiger partial charge is 0.134 e. The monoisotopic (exact) mass is 529 g/mol. The van der Waals surface area contributed by atoms with Crippen LogP contribution in [0.4, 0.5) is 0 Å². The highest BCUT2D eigenvalue weighted by molar-refractivity contribution is 7.27. The Bertz CT molecular complexity index is 2550. The molecule has 1 heterocycles. The Morgan fingerprint density at radius 3 is 2.20 bits per heavy atom. The van der Waals surface area contributed by atoms with E-state index in [4.69, 9.17) is 6.85 Å². The summed E-state index contributed by atoms with van der Waals surface area (Å²) in [5.74, 6) is 0. The summed E-state index contributed by atoms with van der Waals surface area (Å²) >= 11 is 1.86. The van der Waals surface area contributed by atoms with E-state index in [0.717, 1.165) is 17.5 Å². The summed E-state index contributed by atoms with van der Waals surface area (Å²) in [5.41, 5.74) is 8.26. The van der Waals surface area contributed by atoms with E-state index in [1.165, 1.54) is 64.0 Å².